The number of aryl methyl sites for hydroxylation is 1. The van der Waals surface area contributed by atoms with Crippen LogP contribution in [0.4, 0.5) is 0 Å². The lowest BCUT2D eigenvalue weighted by Crippen LogP contribution is -2.29. The van der Waals surface area contributed by atoms with Crippen LogP contribution in [0.1, 0.15) is 28.2 Å². The average molecular weight is 377 g/mol. The van der Waals surface area contributed by atoms with E-state index in [1.54, 1.807) is 0 Å². The number of halogens is 1. The molecule has 122 valence electrons. The minimum atomic E-state index is 0.0852. The third-order valence-electron chi connectivity index (χ3n) is 4.47. The van der Waals surface area contributed by atoms with Crippen LogP contribution in [-0.4, -0.2) is 40.2 Å². The third-order valence-corrected chi connectivity index (χ3v) is 5.62. The van der Waals surface area contributed by atoms with Crippen molar-refractivity contribution in [2.24, 2.45) is 11.7 Å². The normalized spacial score (nSPS) is 17.7. The molecule has 1 fully saturated rings. The Hall–Kier alpha value is -1.66. The topological polar surface area (TPSA) is 64.2 Å². The second-order valence-electron chi connectivity index (χ2n) is 6.09. The number of amides is 1. The quantitative estimate of drug-likeness (QED) is 0.895. The molecule has 2 N–H and O–H groups in total. The van der Waals surface area contributed by atoms with E-state index in [4.69, 9.17) is 5.73 Å². The van der Waals surface area contributed by atoms with Gasteiger partial charge in [-0.2, -0.15) is 5.10 Å². The zero-order chi connectivity index (χ0) is 16.6. The smallest absolute Gasteiger partial charge is 0.253 e. The molecule has 0 radical (unpaired) electrons. The minimum absolute atomic E-state index is 0.0852. The van der Waals surface area contributed by atoms with Gasteiger partial charge in [-0.05, 0) is 72.9 Å². The van der Waals surface area contributed by atoms with Crippen molar-refractivity contribution in [1.29, 1.82) is 0 Å². The van der Waals surface area contributed by atoms with E-state index < -0.39 is 0 Å². The Kier molecular flexibility index (Phi) is 4.55. The van der Waals surface area contributed by atoms with E-state index in [2.05, 4.69) is 21.0 Å². The number of aromatic nitrogens is 2. The van der Waals surface area contributed by atoms with Crippen molar-refractivity contribution in [1.82, 2.24) is 14.7 Å². The number of nitrogens with zero attached hydrogens (tertiary/aromatic N) is 3. The van der Waals surface area contributed by atoms with Crippen LogP contribution < -0.4 is 5.73 Å². The van der Waals surface area contributed by atoms with Crippen molar-refractivity contribution < 1.29 is 4.79 Å². The maximum absolute atomic E-state index is 12.5. The van der Waals surface area contributed by atoms with E-state index in [0.29, 0.717) is 18.0 Å². The van der Waals surface area contributed by atoms with Crippen LogP contribution in [0.2, 0.25) is 0 Å². The Morgan fingerprint density at radius 2 is 2.04 bits per heavy atom. The van der Waals surface area contributed by atoms with E-state index in [-0.39, 0.29) is 5.91 Å². The molecule has 1 amide bonds. The lowest BCUT2D eigenvalue weighted by atomic mass is 10.1. The fourth-order valence-electron chi connectivity index (χ4n) is 3.01. The molecule has 1 aliphatic heterocycles. The van der Waals surface area contributed by atoms with E-state index in [1.165, 1.54) is 0 Å². The number of carbonyl (C=O) groups excluding carboxylic acids is 1. The first-order valence-electron chi connectivity index (χ1n) is 7.82. The number of nitrogens with two attached hydrogens (primary N) is 1. The maximum Gasteiger partial charge on any atom is 0.253 e. The summed E-state index contributed by atoms with van der Waals surface area (Å²) in [4.78, 5) is 14.4. The largest absolute Gasteiger partial charge is 0.338 e. The van der Waals surface area contributed by atoms with Crippen molar-refractivity contribution >= 4 is 21.8 Å². The predicted octanol–water partition coefficient (Wildman–Crippen LogP) is 2.67. The number of benzene rings is 1. The second kappa shape index (κ2) is 6.45. The van der Waals surface area contributed by atoms with Crippen LogP contribution >= 0.6 is 15.9 Å². The molecule has 5 nitrogen and oxygen atoms in total. The predicted molar refractivity (Wildman–Crippen MR) is 93.8 cm³/mol. The van der Waals surface area contributed by atoms with E-state index in [0.717, 1.165) is 41.1 Å². The van der Waals surface area contributed by atoms with Gasteiger partial charge in [0, 0.05) is 18.7 Å². The minimum Gasteiger partial charge on any atom is -0.338 e. The van der Waals surface area contributed by atoms with Crippen LogP contribution in [0.5, 0.6) is 0 Å². The van der Waals surface area contributed by atoms with Gasteiger partial charge in [0.2, 0.25) is 0 Å². The molecule has 1 saturated heterocycles. The highest BCUT2D eigenvalue weighted by molar-refractivity contribution is 9.10. The highest BCUT2D eigenvalue weighted by Gasteiger charge is 2.26. The number of carbonyl (C=O) groups is 1. The summed E-state index contributed by atoms with van der Waals surface area (Å²) in [6, 6.07) is 7.63. The summed E-state index contributed by atoms with van der Waals surface area (Å²) < 4.78 is 2.90. The summed E-state index contributed by atoms with van der Waals surface area (Å²) in [5.41, 5.74) is 9.36. The summed E-state index contributed by atoms with van der Waals surface area (Å²) in [5, 5.41) is 4.51. The molecule has 3 rings (SSSR count). The Balaban J connectivity index is 1.79. The van der Waals surface area contributed by atoms with Crippen molar-refractivity contribution in [2.75, 3.05) is 19.6 Å². The number of rotatable bonds is 3. The Morgan fingerprint density at radius 3 is 2.57 bits per heavy atom. The summed E-state index contributed by atoms with van der Waals surface area (Å²) >= 11 is 3.54. The van der Waals surface area contributed by atoms with Gasteiger partial charge in [-0.1, -0.05) is 0 Å². The van der Waals surface area contributed by atoms with Gasteiger partial charge in [0.05, 0.1) is 21.5 Å². The fourth-order valence-corrected chi connectivity index (χ4v) is 3.26. The summed E-state index contributed by atoms with van der Waals surface area (Å²) in [6.45, 7) is 6.19. The first kappa shape index (κ1) is 16.2. The van der Waals surface area contributed by atoms with Gasteiger partial charge < -0.3 is 10.6 Å². The molecule has 1 atom stereocenters. The van der Waals surface area contributed by atoms with Gasteiger partial charge in [-0.15, -0.1) is 0 Å². The van der Waals surface area contributed by atoms with Gasteiger partial charge in [-0.25, -0.2) is 4.68 Å². The van der Waals surface area contributed by atoms with Crippen molar-refractivity contribution in [2.45, 2.75) is 20.3 Å². The van der Waals surface area contributed by atoms with Gasteiger partial charge >= 0.3 is 0 Å². The molecule has 2 heterocycles. The molecule has 1 aromatic heterocycles. The molecule has 0 spiro atoms. The molecule has 0 aliphatic carbocycles. The SMILES string of the molecule is Cc1nn(-c2ccc(C(=O)N3CC[C@H](CN)C3)cc2)c(C)c1Br. The van der Waals surface area contributed by atoms with Crippen LogP contribution in [0.25, 0.3) is 5.69 Å². The molecular formula is C17H21BrN4O. The monoisotopic (exact) mass is 376 g/mol. The lowest BCUT2D eigenvalue weighted by Gasteiger charge is -2.16. The highest BCUT2D eigenvalue weighted by atomic mass is 79.9. The van der Waals surface area contributed by atoms with Crippen LogP contribution in [-0.2, 0) is 0 Å². The first-order valence-corrected chi connectivity index (χ1v) is 8.62. The van der Waals surface area contributed by atoms with Gasteiger partial charge in [-0.3, -0.25) is 4.79 Å². The molecule has 1 aliphatic rings. The molecule has 0 bridgehead atoms. The van der Waals surface area contributed by atoms with E-state index in [1.807, 2.05) is 47.7 Å². The summed E-state index contributed by atoms with van der Waals surface area (Å²) in [6.07, 6.45) is 1.00. The maximum atomic E-state index is 12.5. The van der Waals surface area contributed by atoms with Crippen LogP contribution in [0.3, 0.4) is 0 Å². The standard InChI is InChI=1S/C17H21BrN4O/c1-11-16(18)12(2)22(20-11)15-5-3-14(4-6-15)17(23)21-8-7-13(9-19)10-21/h3-6,13H,7-10,19H2,1-2H3/t13-/m1/s1. The zero-order valence-corrected chi connectivity index (χ0v) is 15.0. The lowest BCUT2D eigenvalue weighted by molar-refractivity contribution is 0.0787. The average Bonchev–Trinajstić information content (AvgIpc) is 3.15. The van der Waals surface area contributed by atoms with Gasteiger partial charge in [0.25, 0.3) is 5.91 Å². The fraction of sp³-hybridized carbons (Fsp3) is 0.412. The van der Waals surface area contributed by atoms with Crippen molar-refractivity contribution in [3.05, 3.63) is 45.7 Å². The third kappa shape index (κ3) is 3.05. The number of hydrogen-bond acceptors (Lipinski definition) is 3. The molecule has 0 unspecified atom stereocenters. The summed E-state index contributed by atoms with van der Waals surface area (Å²) in [5.74, 6) is 0.521. The zero-order valence-electron chi connectivity index (χ0n) is 13.4. The molecular weight excluding hydrogens is 356 g/mol. The Labute approximate surface area is 144 Å². The summed E-state index contributed by atoms with van der Waals surface area (Å²) in [7, 11) is 0. The molecule has 2 aromatic rings. The number of likely N-dealkylation sites (tertiary alicyclic amines) is 1. The second-order valence-corrected chi connectivity index (χ2v) is 6.88. The first-order chi connectivity index (χ1) is 11.0. The molecule has 0 saturated carbocycles. The molecule has 23 heavy (non-hydrogen) atoms. The van der Waals surface area contributed by atoms with Crippen molar-refractivity contribution in [3.63, 3.8) is 0 Å². The van der Waals surface area contributed by atoms with Crippen molar-refractivity contribution in [3.8, 4) is 5.69 Å². The van der Waals surface area contributed by atoms with Gasteiger partial charge in [0.15, 0.2) is 0 Å². The van der Waals surface area contributed by atoms with E-state index in [9.17, 15) is 4.79 Å². The van der Waals surface area contributed by atoms with E-state index >= 15 is 0 Å². The van der Waals surface area contributed by atoms with Gasteiger partial charge in [0.1, 0.15) is 0 Å². The number of hydrogen-bond donors (Lipinski definition) is 1. The Morgan fingerprint density at radius 1 is 1.35 bits per heavy atom. The highest BCUT2D eigenvalue weighted by Crippen LogP contribution is 2.24. The van der Waals surface area contributed by atoms with Crippen LogP contribution in [0, 0.1) is 19.8 Å². The van der Waals surface area contributed by atoms with Crippen LogP contribution in [0.15, 0.2) is 28.7 Å². The Bertz CT molecular complexity index is 723. The molecule has 1 aromatic carbocycles. The molecule has 6 heteroatoms.